The highest BCUT2D eigenvalue weighted by atomic mass is 16.2. The third kappa shape index (κ3) is 6.76. The second-order valence-corrected chi connectivity index (χ2v) is 12.5. The molecule has 2 aromatic carbocycles. The van der Waals surface area contributed by atoms with Gasteiger partial charge in [-0.15, -0.1) is 5.10 Å². The predicted octanol–water partition coefficient (Wildman–Crippen LogP) is 6.02. The Labute approximate surface area is 226 Å². The van der Waals surface area contributed by atoms with Gasteiger partial charge in [0.1, 0.15) is 11.5 Å². The van der Waals surface area contributed by atoms with Gasteiger partial charge in [-0.25, -0.2) is 4.68 Å². The summed E-state index contributed by atoms with van der Waals surface area (Å²) in [7, 11) is 0. The third-order valence-corrected chi connectivity index (χ3v) is 6.63. The average Bonchev–Trinajstić information content (AvgIpc) is 3.22. The zero-order valence-corrected chi connectivity index (χ0v) is 23.7. The molecule has 0 radical (unpaired) electrons. The van der Waals surface area contributed by atoms with E-state index in [9.17, 15) is 9.59 Å². The van der Waals surface area contributed by atoms with Crippen LogP contribution in [0.4, 0.5) is 5.69 Å². The normalized spacial score (nSPS) is 13.3. The van der Waals surface area contributed by atoms with Crippen LogP contribution in [0.3, 0.4) is 0 Å². The topological polar surface area (TPSA) is 80.1 Å². The molecule has 4 rings (SSSR count). The van der Waals surface area contributed by atoms with E-state index in [1.165, 1.54) is 0 Å². The van der Waals surface area contributed by atoms with E-state index in [4.69, 9.17) is 0 Å². The zero-order valence-electron chi connectivity index (χ0n) is 23.7. The van der Waals surface area contributed by atoms with Crippen LogP contribution in [0.5, 0.6) is 0 Å². The van der Waals surface area contributed by atoms with Crippen LogP contribution < -0.4 is 10.2 Å². The van der Waals surface area contributed by atoms with Crippen molar-refractivity contribution in [3.8, 4) is 22.5 Å². The number of hydrogen-bond donors (Lipinski definition) is 1. The second kappa shape index (κ2) is 11.2. The molecule has 1 aliphatic rings. The van der Waals surface area contributed by atoms with Crippen LogP contribution in [0, 0.1) is 5.41 Å². The first-order valence-corrected chi connectivity index (χ1v) is 13.6. The third-order valence-electron chi connectivity index (χ3n) is 6.63. The summed E-state index contributed by atoms with van der Waals surface area (Å²) < 4.78 is 1.93. The first kappa shape index (κ1) is 27.7. The number of nitrogens with zero attached hydrogens (tertiary/aromatic N) is 4. The summed E-state index contributed by atoms with van der Waals surface area (Å²) in [5, 5.41) is 12.6. The number of anilines is 1. The molecule has 1 aliphatic heterocycles. The highest BCUT2D eigenvalue weighted by Gasteiger charge is 2.29. The van der Waals surface area contributed by atoms with E-state index in [1.807, 2.05) is 46.0 Å². The number of nitrogens with one attached hydrogen (secondary N) is 1. The molecule has 202 valence electrons. The number of para-hydroxylation sites is 1. The van der Waals surface area contributed by atoms with Crippen LogP contribution in [0.15, 0.2) is 48.5 Å². The largest absolute Gasteiger partial charge is 0.312 e. The molecular weight excluding hydrogens is 474 g/mol. The summed E-state index contributed by atoms with van der Waals surface area (Å²) in [5.74, 6) is 0.346. The smallest absolute Gasteiger partial charge is 0.228 e. The molecule has 0 unspecified atom stereocenters. The molecule has 38 heavy (non-hydrogen) atoms. The van der Waals surface area contributed by atoms with E-state index >= 15 is 0 Å². The van der Waals surface area contributed by atoms with Crippen molar-refractivity contribution in [2.45, 2.75) is 85.9 Å². The lowest BCUT2D eigenvalue weighted by molar-refractivity contribution is -0.121. The number of hydrogen-bond acceptors (Lipinski definition) is 5. The minimum Gasteiger partial charge on any atom is -0.312 e. The maximum atomic E-state index is 13.6. The lowest BCUT2D eigenvalue weighted by Crippen LogP contribution is -2.39. The fourth-order valence-corrected chi connectivity index (χ4v) is 4.98. The Kier molecular flexibility index (Phi) is 8.16. The molecule has 1 amide bonds. The minimum absolute atomic E-state index is 0.00552. The van der Waals surface area contributed by atoms with Gasteiger partial charge in [0.05, 0.1) is 17.9 Å². The van der Waals surface area contributed by atoms with E-state index in [2.05, 4.69) is 69.3 Å². The highest BCUT2D eigenvalue weighted by molar-refractivity contribution is 6.00. The van der Waals surface area contributed by atoms with E-state index in [0.29, 0.717) is 45.3 Å². The molecule has 7 heteroatoms. The average molecular weight is 516 g/mol. The number of rotatable bonds is 8. The molecule has 0 spiro atoms. The maximum absolute atomic E-state index is 13.6. The molecule has 1 N–H and O–H groups in total. The molecular formula is C31H41N5O2. The van der Waals surface area contributed by atoms with Crippen molar-refractivity contribution in [2.24, 2.45) is 5.41 Å². The summed E-state index contributed by atoms with van der Waals surface area (Å²) in [6, 6.07) is 16.1. The van der Waals surface area contributed by atoms with Gasteiger partial charge in [0.2, 0.25) is 5.91 Å². The fraction of sp³-hybridized carbons (Fsp3) is 0.484. The van der Waals surface area contributed by atoms with Crippen molar-refractivity contribution in [1.29, 1.82) is 0 Å². The second-order valence-electron chi connectivity index (χ2n) is 12.5. The quantitative estimate of drug-likeness (QED) is 0.397. The Bertz CT molecular complexity index is 1300. The highest BCUT2D eigenvalue weighted by Crippen LogP contribution is 2.41. The van der Waals surface area contributed by atoms with Gasteiger partial charge < -0.3 is 10.2 Å². The number of Topliss-reactive ketones (excluding diaryl/α,β-unsaturated/α-hetero) is 1. The van der Waals surface area contributed by atoms with Crippen LogP contribution in [-0.4, -0.2) is 38.8 Å². The molecule has 7 nitrogen and oxygen atoms in total. The lowest BCUT2D eigenvalue weighted by Gasteiger charge is -2.29. The zero-order chi connectivity index (χ0) is 27.5. The van der Waals surface area contributed by atoms with Crippen LogP contribution in [-0.2, 0) is 22.7 Å². The van der Waals surface area contributed by atoms with Gasteiger partial charge in [-0.3, -0.25) is 9.59 Å². The minimum atomic E-state index is -0.0498. The Morgan fingerprint density at radius 1 is 0.921 bits per heavy atom. The van der Waals surface area contributed by atoms with Crippen molar-refractivity contribution in [3.05, 3.63) is 54.1 Å². The van der Waals surface area contributed by atoms with Crippen LogP contribution in [0.25, 0.3) is 22.5 Å². The maximum Gasteiger partial charge on any atom is 0.228 e. The number of aromatic nitrogens is 3. The van der Waals surface area contributed by atoms with E-state index in [0.717, 1.165) is 33.8 Å². The summed E-state index contributed by atoms with van der Waals surface area (Å²) in [6.45, 7) is 14.3. The Morgan fingerprint density at radius 2 is 1.61 bits per heavy atom. The van der Waals surface area contributed by atoms with Crippen LogP contribution in [0.1, 0.15) is 72.8 Å². The number of ketones is 1. The number of benzene rings is 2. The predicted molar refractivity (Wildman–Crippen MR) is 153 cm³/mol. The van der Waals surface area contributed by atoms with Gasteiger partial charge in [0, 0.05) is 49.0 Å². The molecule has 0 aliphatic carbocycles. The van der Waals surface area contributed by atoms with Gasteiger partial charge in [-0.2, -0.15) is 0 Å². The molecule has 3 aromatic rings. The monoisotopic (exact) mass is 515 g/mol. The number of carbonyl (C=O) groups excluding carboxylic acids is 2. The number of fused-ring (bicyclic) bond motifs is 5. The van der Waals surface area contributed by atoms with E-state index in [1.54, 1.807) is 0 Å². The molecule has 1 aromatic heterocycles. The standard InChI is InChI=1S/C31H41N5O2/c1-30(2,3)20-23(37)13-11-19-36-29-24-14-8-7-12-22(24)21-35(27(38)17-18-32-31(4,5)6)26-16-10-9-15-25(26)28(29)33-34-36/h7-10,12,14-16,32H,11,13,17-21H2,1-6H3. The van der Waals surface area contributed by atoms with Gasteiger partial charge in [-0.05, 0) is 44.2 Å². The Hall–Kier alpha value is -3.32. The van der Waals surface area contributed by atoms with Gasteiger partial charge >= 0.3 is 0 Å². The van der Waals surface area contributed by atoms with Gasteiger partial charge in [0.25, 0.3) is 0 Å². The molecule has 0 saturated heterocycles. The first-order chi connectivity index (χ1) is 17.9. The van der Waals surface area contributed by atoms with Gasteiger partial charge in [0.15, 0.2) is 0 Å². The molecule has 0 atom stereocenters. The summed E-state index contributed by atoms with van der Waals surface area (Å²) in [4.78, 5) is 27.9. The number of amides is 1. The van der Waals surface area contributed by atoms with Crippen LogP contribution in [0.2, 0.25) is 0 Å². The van der Waals surface area contributed by atoms with Crippen molar-refractivity contribution < 1.29 is 9.59 Å². The number of carbonyl (C=O) groups is 2. The van der Waals surface area contributed by atoms with Crippen molar-refractivity contribution in [2.75, 3.05) is 11.4 Å². The van der Waals surface area contributed by atoms with Crippen molar-refractivity contribution >= 4 is 17.4 Å². The fourth-order valence-electron chi connectivity index (χ4n) is 4.98. The molecule has 0 fully saturated rings. The van der Waals surface area contributed by atoms with Crippen molar-refractivity contribution in [1.82, 2.24) is 20.3 Å². The molecule has 2 heterocycles. The lowest BCUT2D eigenvalue weighted by atomic mass is 9.89. The Balaban J connectivity index is 1.67. The first-order valence-electron chi connectivity index (χ1n) is 13.6. The number of aryl methyl sites for hydroxylation is 1. The summed E-state index contributed by atoms with van der Waals surface area (Å²) in [6.07, 6.45) is 2.21. The summed E-state index contributed by atoms with van der Waals surface area (Å²) >= 11 is 0. The molecule has 0 bridgehead atoms. The van der Waals surface area contributed by atoms with E-state index in [-0.39, 0.29) is 22.6 Å². The molecule has 0 saturated carbocycles. The van der Waals surface area contributed by atoms with Crippen LogP contribution >= 0.6 is 0 Å². The van der Waals surface area contributed by atoms with E-state index < -0.39 is 0 Å². The van der Waals surface area contributed by atoms with Crippen molar-refractivity contribution in [3.63, 3.8) is 0 Å². The Morgan fingerprint density at radius 3 is 2.32 bits per heavy atom. The SMILES string of the molecule is CC(C)(C)CC(=O)CCCn1nnc2c1-c1ccccc1CN(C(=O)CCNC(C)(C)C)c1ccccc1-2. The summed E-state index contributed by atoms with van der Waals surface area (Å²) in [5.41, 5.74) is 5.46. The van der Waals surface area contributed by atoms with Gasteiger partial charge in [-0.1, -0.05) is 68.4 Å².